The molecule has 1 aromatic carbocycles. The number of thioether (sulfide) groups is 1. The van der Waals surface area contributed by atoms with E-state index in [0.29, 0.717) is 0 Å². The molecule has 0 aliphatic rings. The topological polar surface area (TPSA) is 149 Å². The second-order valence-electron chi connectivity index (χ2n) is 6.73. The summed E-state index contributed by atoms with van der Waals surface area (Å²) in [5, 5.41) is 14.0. The van der Waals surface area contributed by atoms with Crippen LogP contribution in [-0.2, 0) is 39.9 Å². The molecule has 3 N–H and O–H groups in total. The molecule has 184 valence electrons. The first kappa shape index (κ1) is 28.4. The predicted octanol–water partition coefficient (Wildman–Crippen LogP) is 1.16. The van der Waals surface area contributed by atoms with E-state index in [2.05, 4.69) is 10.6 Å². The number of carboxylic acid groups (broad SMARTS) is 1. The molecule has 12 heteroatoms. The summed E-state index contributed by atoms with van der Waals surface area (Å²) in [7, 11) is 2.81. The van der Waals surface area contributed by atoms with Crippen LogP contribution >= 0.6 is 11.8 Å². The number of benzene rings is 1. The van der Waals surface area contributed by atoms with Crippen LogP contribution in [0.5, 0.6) is 0 Å². The Morgan fingerprint density at radius 2 is 1.67 bits per heavy atom. The van der Waals surface area contributed by atoms with Crippen LogP contribution in [0.25, 0.3) is 0 Å². The Bertz CT molecular complexity index is 759. The highest BCUT2D eigenvalue weighted by Gasteiger charge is 2.27. The summed E-state index contributed by atoms with van der Waals surface area (Å²) < 4.78 is 20.3. The number of hydrogen-bond donors (Lipinski definition) is 3. The summed E-state index contributed by atoms with van der Waals surface area (Å²) in [6, 6.07) is 6.46. The van der Waals surface area contributed by atoms with E-state index < -0.39 is 36.3 Å². The Morgan fingerprint density at radius 1 is 1.00 bits per heavy atom. The third-order valence-electron chi connectivity index (χ3n) is 4.21. The molecule has 2 atom stereocenters. The molecule has 0 saturated heterocycles. The molecule has 0 saturated carbocycles. The highest BCUT2D eigenvalue weighted by Crippen LogP contribution is 2.08. The molecule has 2 amide bonds. The Balaban J connectivity index is 2.70. The van der Waals surface area contributed by atoms with E-state index in [0.717, 1.165) is 17.3 Å². The summed E-state index contributed by atoms with van der Waals surface area (Å²) in [5.41, 5.74) is 0.759. The number of alkyl carbamates (subject to hydrolysis) is 1. The average molecular weight is 487 g/mol. The van der Waals surface area contributed by atoms with E-state index in [1.54, 1.807) is 24.3 Å². The molecular formula is C21H30N2O9S. The maximum Gasteiger partial charge on any atom is 0.408 e. The zero-order chi connectivity index (χ0) is 24.6. The second-order valence-corrected chi connectivity index (χ2v) is 8.00. The molecule has 0 aliphatic carbocycles. The maximum absolute atomic E-state index is 12.7. The first-order valence-corrected chi connectivity index (χ1v) is 11.0. The predicted molar refractivity (Wildman–Crippen MR) is 119 cm³/mol. The maximum atomic E-state index is 12.7. The van der Waals surface area contributed by atoms with Crippen molar-refractivity contribution >= 4 is 34.8 Å². The minimum atomic E-state index is -1.38. The normalized spacial score (nSPS) is 12.6. The Labute approximate surface area is 196 Å². The molecule has 11 nitrogen and oxygen atoms in total. The summed E-state index contributed by atoms with van der Waals surface area (Å²) in [4.78, 5) is 47.7. The average Bonchev–Trinajstić information content (AvgIpc) is 2.79. The van der Waals surface area contributed by atoms with Gasteiger partial charge in [-0.15, -0.1) is 0 Å². The lowest BCUT2D eigenvalue weighted by Crippen LogP contribution is -2.53. The van der Waals surface area contributed by atoms with Crippen molar-refractivity contribution in [3.05, 3.63) is 35.9 Å². The molecule has 0 heterocycles. The van der Waals surface area contributed by atoms with Gasteiger partial charge in [-0.25, -0.2) is 9.59 Å². The lowest BCUT2D eigenvalue weighted by atomic mass is 10.2. The fourth-order valence-electron chi connectivity index (χ4n) is 2.46. The zero-order valence-electron chi connectivity index (χ0n) is 18.8. The molecule has 1 rings (SSSR count). The van der Waals surface area contributed by atoms with Crippen LogP contribution in [0.4, 0.5) is 4.79 Å². The molecule has 0 aromatic heterocycles. The molecule has 33 heavy (non-hydrogen) atoms. The minimum absolute atomic E-state index is 0.00499. The van der Waals surface area contributed by atoms with Gasteiger partial charge in [-0.1, -0.05) is 42.1 Å². The SMILES string of the molecule is COC(COC[C@H](NC(=O)[C@H](CCSC(C)=O)NC(=O)OCc1ccccc1)C(=O)O)OC. The Hall–Kier alpha value is -2.67. The third kappa shape index (κ3) is 12.2. The first-order valence-electron chi connectivity index (χ1n) is 10.0. The summed E-state index contributed by atoms with van der Waals surface area (Å²) >= 11 is 0.982. The van der Waals surface area contributed by atoms with Crippen molar-refractivity contribution in [2.24, 2.45) is 0 Å². The van der Waals surface area contributed by atoms with Gasteiger partial charge < -0.3 is 34.7 Å². The first-order chi connectivity index (χ1) is 15.8. The summed E-state index contributed by atoms with van der Waals surface area (Å²) in [6.45, 7) is 0.981. The number of nitrogens with one attached hydrogen (secondary N) is 2. The number of ether oxygens (including phenoxy) is 4. The van der Waals surface area contributed by atoms with Crippen LogP contribution in [0.15, 0.2) is 30.3 Å². The van der Waals surface area contributed by atoms with Gasteiger partial charge in [0.1, 0.15) is 12.6 Å². The molecule has 0 aliphatic heterocycles. The van der Waals surface area contributed by atoms with Crippen LogP contribution < -0.4 is 10.6 Å². The van der Waals surface area contributed by atoms with Gasteiger partial charge in [0.05, 0.1) is 13.2 Å². The van der Waals surface area contributed by atoms with E-state index in [4.69, 9.17) is 18.9 Å². The summed E-state index contributed by atoms with van der Waals surface area (Å²) in [5.74, 6) is -1.83. The van der Waals surface area contributed by atoms with Crippen LogP contribution in [0.3, 0.4) is 0 Å². The van der Waals surface area contributed by atoms with E-state index in [1.807, 2.05) is 6.07 Å². The number of carbonyl (C=O) groups is 4. The van der Waals surface area contributed by atoms with Gasteiger partial charge in [0, 0.05) is 26.9 Å². The van der Waals surface area contributed by atoms with Gasteiger partial charge >= 0.3 is 12.1 Å². The van der Waals surface area contributed by atoms with E-state index in [1.165, 1.54) is 21.1 Å². The number of hydrogen-bond acceptors (Lipinski definition) is 9. The monoisotopic (exact) mass is 486 g/mol. The Kier molecular flexibility index (Phi) is 13.8. The van der Waals surface area contributed by atoms with Gasteiger partial charge in [0.2, 0.25) is 5.91 Å². The molecule has 0 fully saturated rings. The van der Waals surface area contributed by atoms with E-state index in [-0.39, 0.29) is 37.1 Å². The Morgan fingerprint density at radius 3 is 2.24 bits per heavy atom. The van der Waals surface area contributed by atoms with Crippen molar-refractivity contribution in [1.29, 1.82) is 0 Å². The number of rotatable bonds is 15. The van der Waals surface area contributed by atoms with Gasteiger partial charge in [-0.2, -0.15) is 0 Å². The van der Waals surface area contributed by atoms with Crippen LogP contribution in [0.1, 0.15) is 18.9 Å². The lowest BCUT2D eigenvalue weighted by Gasteiger charge is -2.22. The standard InChI is InChI=1S/C21H30N2O9S/c1-14(24)33-10-9-16(23-21(28)32-11-15-7-5-4-6-8-15)19(25)22-17(20(26)27)12-31-13-18(29-2)30-3/h4-8,16-18H,9-13H2,1-3H3,(H,22,25)(H,23,28)(H,26,27)/t16-,17-/m0/s1. The van der Waals surface area contributed by atoms with Gasteiger partial charge in [-0.3, -0.25) is 9.59 Å². The minimum Gasteiger partial charge on any atom is -0.480 e. The van der Waals surface area contributed by atoms with Crippen LogP contribution in [-0.4, -0.2) is 79.8 Å². The van der Waals surface area contributed by atoms with E-state index in [9.17, 15) is 24.3 Å². The highest BCUT2D eigenvalue weighted by molar-refractivity contribution is 8.13. The van der Waals surface area contributed by atoms with Gasteiger partial charge in [0.25, 0.3) is 0 Å². The van der Waals surface area contributed by atoms with Gasteiger partial charge in [-0.05, 0) is 12.0 Å². The van der Waals surface area contributed by atoms with Crippen LogP contribution in [0.2, 0.25) is 0 Å². The van der Waals surface area contributed by atoms with Crippen molar-refractivity contribution in [2.45, 2.75) is 38.3 Å². The third-order valence-corrected chi connectivity index (χ3v) is 5.06. The molecule has 1 aromatic rings. The lowest BCUT2D eigenvalue weighted by molar-refractivity contribution is -0.153. The molecule has 0 spiro atoms. The van der Waals surface area contributed by atoms with Crippen molar-refractivity contribution in [3.8, 4) is 0 Å². The fourth-order valence-corrected chi connectivity index (χ4v) is 3.10. The molecule has 0 radical (unpaired) electrons. The van der Waals surface area contributed by atoms with Crippen molar-refractivity contribution in [1.82, 2.24) is 10.6 Å². The van der Waals surface area contributed by atoms with E-state index >= 15 is 0 Å². The van der Waals surface area contributed by atoms with Crippen molar-refractivity contribution in [3.63, 3.8) is 0 Å². The number of carbonyl (C=O) groups excluding carboxylic acids is 3. The molecule has 0 bridgehead atoms. The number of amides is 2. The zero-order valence-corrected chi connectivity index (χ0v) is 19.6. The second kappa shape index (κ2) is 16.0. The smallest absolute Gasteiger partial charge is 0.408 e. The number of carboxylic acids is 1. The number of methoxy groups -OCH3 is 2. The summed E-state index contributed by atoms with van der Waals surface area (Å²) in [6.07, 6.45) is -1.45. The van der Waals surface area contributed by atoms with Crippen molar-refractivity contribution in [2.75, 3.05) is 33.2 Å². The number of aliphatic carboxylic acids is 1. The highest BCUT2D eigenvalue weighted by atomic mass is 32.2. The molecular weight excluding hydrogens is 456 g/mol. The molecule has 0 unspecified atom stereocenters. The van der Waals surface area contributed by atoms with Gasteiger partial charge in [0.15, 0.2) is 17.4 Å². The largest absolute Gasteiger partial charge is 0.480 e. The fraction of sp³-hybridized carbons (Fsp3) is 0.524. The van der Waals surface area contributed by atoms with Crippen molar-refractivity contribution < 1.29 is 43.2 Å². The van der Waals surface area contributed by atoms with Crippen LogP contribution in [0, 0.1) is 0 Å². The quantitative estimate of drug-likeness (QED) is 0.308.